The molecular formula is C21H46O6. The Morgan fingerprint density at radius 1 is 0.556 bits per heavy atom. The molecule has 27 heavy (non-hydrogen) atoms. The van der Waals surface area contributed by atoms with Gasteiger partial charge in [-0.25, -0.2) is 0 Å². The lowest BCUT2D eigenvalue weighted by atomic mass is 10.1. The molecule has 0 amide bonds. The Kier molecular flexibility index (Phi) is 27.6. The van der Waals surface area contributed by atoms with Gasteiger partial charge in [-0.2, -0.15) is 0 Å². The largest absolute Gasteiger partial charge is 0.394 e. The van der Waals surface area contributed by atoms with Crippen molar-refractivity contribution >= 4 is 0 Å². The van der Waals surface area contributed by atoms with Gasteiger partial charge in [0.15, 0.2) is 0 Å². The minimum Gasteiger partial charge on any atom is -0.394 e. The number of rotatable bonds is 19. The Morgan fingerprint density at radius 2 is 0.889 bits per heavy atom. The zero-order valence-electron chi connectivity index (χ0n) is 17.8. The lowest BCUT2D eigenvalue weighted by molar-refractivity contribution is 0.00526. The maximum Gasteiger partial charge on any atom is 0.100 e. The fourth-order valence-electron chi connectivity index (χ4n) is 2.34. The van der Waals surface area contributed by atoms with Crippen LogP contribution in [-0.2, 0) is 9.47 Å². The topological polar surface area (TPSA) is 99.4 Å². The summed E-state index contributed by atoms with van der Waals surface area (Å²) in [7, 11) is 0. The van der Waals surface area contributed by atoms with Crippen LogP contribution in [-0.4, -0.2) is 72.3 Å². The second-order valence-electron chi connectivity index (χ2n) is 7.00. The molecular weight excluding hydrogens is 348 g/mol. The third kappa shape index (κ3) is 28.1. The molecule has 0 bridgehead atoms. The van der Waals surface area contributed by atoms with Crippen molar-refractivity contribution in [2.24, 2.45) is 0 Å². The number of aliphatic hydroxyl groups excluding tert-OH is 4. The molecule has 0 saturated heterocycles. The Hall–Kier alpha value is -0.240. The van der Waals surface area contributed by atoms with Crippen molar-refractivity contribution in [2.45, 2.75) is 96.7 Å². The molecule has 0 spiro atoms. The summed E-state index contributed by atoms with van der Waals surface area (Å²) in [5.74, 6) is 0. The molecule has 0 aliphatic rings. The van der Waals surface area contributed by atoms with E-state index < -0.39 is 12.2 Å². The molecule has 0 fully saturated rings. The van der Waals surface area contributed by atoms with Gasteiger partial charge in [0.25, 0.3) is 0 Å². The van der Waals surface area contributed by atoms with E-state index >= 15 is 0 Å². The number of unbranched alkanes of at least 4 members (excludes halogenated alkanes) is 9. The Morgan fingerprint density at radius 3 is 1.22 bits per heavy atom. The second kappa shape index (κ2) is 25.8. The number of hydrogen-bond donors (Lipinski definition) is 4. The minimum atomic E-state index is -0.713. The first kappa shape index (κ1) is 29.0. The van der Waals surface area contributed by atoms with Crippen molar-refractivity contribution in [3.8, 4) is 0 Å². The third-order valence-electron chi connectivity index (χ3n) is 4.08. The van der Waals surface area contributed by atoms with Crippen LogP contribution in [0.15, 0.2) is 0 Å². The first-order chi connectivity index (χ1) is 13.1. The van der Waals surface area contributed by atoms with Crippen molar-refractivity contribution in [1.29, 1.82) is 0 Å². The van der Waals surface area contributed by atoms with Gasteiger partial charge in [0.05, 0.1) is 26.4 Å². The van der Waals surface area contributed by atoms with E-state index in [1.54, 1.807) is 0 Å². The highest BCUT2D eigenvalue weighted by Gasteiger charge is 2.01. The normalized spacial score (nSPS) is 13.1. The van der Waals surface area contributed by atoms with E-state index in [2.05, 4.69) is 13.8 Å². The summed E-state index contributed by atoms with van der Waals surface area (Å²) < 4.78 is 10.3. The molecule has 6 heteroatoms. The molecule has 0 rings (SSSR count). The van der Waals surface area contributed by atoms with E-state index in [-0.39, 0.29) is 26.4 Å². The van der Waals surface area contributed by atoms with Crippen molar-refractivity contribution in [3.05, 3.63) is 0 Å². The Bertz CT molecular complexity index is 253. The summed E-state index contributed by atoms with van der Waals surface area (Å²) in [6.07, 6.45) is 12.1. The lowest BCUT2D eigenvalue weighted by Crippen LogP contribution is -2.19. The quantitative estimate of drug-likeness (QED) is 0.251. The minimum absolute atomic E-state index is 0.212. The highest BCUT2D eigenvalue weighted by Crippen LogP contribution is 2.05. The summed E-state index contributed by atoms with van der Waals surface area (Å²) in [6, 6.07) is 0. The molecule has 0 radical (unpaired) electrons. The average Bonchev–Trinajstić information content (AvgIpc) is 2.69. The van der Waals surface area contributed by atoms with Crippen molar-refractivity contribution in [3.63, 3.8) is 0 Å². The number of aliphatic hydroxyl groups is 4. The van der Waals surface area contributed by atoms with Crippen LogP contribution >= 0.6 is 0 Å². The van der Waals surface area contributed by atoms with E-state index in [0.29, 0.717) is 13.2 Å². The predicted octanol–water partition coefficient (Wildman–Crippen LogP) is 3.04. The molecule has 0 aliphatic carbocycles. The van der Waals surface area contributed by atoms with Gasteiger partial charge in [-0.05, 0) is 12.8 Å². The van der Waals surface area contributed by atoms with E-state index in [4.69, 9.17) is 29.9 Å². The van der Waals surface area contributed by atoms with Crippen molar-refractivity contribution < 1.29 is 29.9 Å². The smallest absolute Gasteiger partial charge is 0.100 e. The predicted molar refractivity (Wildman–Crippen MR) is 110 cm³/mol. The summed E-state index contributed by atoms with van der Waals surface area (Å²) in [5, 5.41) is 34.9. The van der Waals surface area contributed by atoms with Gasteiger partial charge in [-0.3, -0.25) is 0 Å². The monoisotopic (exact) mass is 394 g/mol. The van der Waals surface area contributed by atoms with Crippen LogP contribution in [0.3, 0.4) is 0 Å². The molecule has 166 valence electrons. The second-order valence-corrected chi connectivity index (χ2v) is 7.00. The lowest BCUT2D eigenvalue weighted by Gasteiger charge is -2.07. The first-order valence-corrected chi connectivity index (χ1v) is 10.9. The van der Waals surface area contributed by atoms with Crippen LogP contribution in [0.5, 0.6) is 0 Å². The average molecular weight is 395 g/mol. The van der Waals surface area contributed by atoms with Gasteiger partial charge in [-0.1, -0.05) is 71.6 Å². The molecule has 0 aromatic rings. The molecule has 0 aromatic carbocycles. The fourth-order valence-corrected chi connectivity index (χ4v) is 2.34. The van der Waals surface area contributed by atoms with Crippen LogP contribution in [0.1, 0.15) is 84.5 Å². The fraction of sp³-hybridized carbons (Fsp3) is 1.00. The molecule has 0 heterocycles. The molecule has 2 atom stereocenters. The van der Waals surface area contributed by atoms with E-state index in [1.807, 2.05) is 0 Å². The molecule has 0 aromatic heterocycles. The molecule has 4 N–H and O–H groups in total. The van der Waals surface area contributed by atoms with Crippen molar-refractivity contribution in [2.75, 3.05) is 39.6 Å². The summed E-state index contributed by atoms with van der Waals surface area (Å²) in [6.45, 7) is 5.87. The van der Waals surface area contributed by atoms with Crippen molar-refractivity contribution in [1.82, 2.24) is 0 Å². The zero-order chi connectivity index (χ0) is 20.6. The maximum absolute atomic E-state index is 8.96. The molecule has 2 unspecified atom stereocenters. The Balaban J connectivity index is 0. The van der Waals surface area contributed by atoms with Gasteiger partial charge in [0, 0.05) is 13.2 Å². The van der Waals surface area contributed by atoms with E-state index in [0.717, 1.165) is 12.8 Å². The standard InChI is InChI=1S/C11H24O3.C10H22O3/c1-2-3-4-5-6-7-8-14-10-11(13)9-12;1-2-3-4-5-6-7-13-9-10(12)8-11/h11-13H,2-10H2,1H3;10-12H,2-9H2,1H3. The maximum atomic E-state index is 8.96. The van der Waals surface area contributed by atoms with Gasteiger partial charge in [0.1, 0.15) is 12.2 Å². The van der Waals surface area contributed by atoms with Gasteiger partial charge < -0.3 is 29.9 Å². The molecule has 0 aliphatic heterocycles. The Labute approximate surface area is 166 Å². The third-order valence-corrected chi connectivity index (χ3v) is 4.08. The number of ether oxygens (including phenoxy) is 2. The van der Waals surface area contributed by atoms with Crippen LogP contribution in [0, 0.1) is 0 Å². The highest BCUT2D eigenvalue weighted by atomic mass is 16.5. The van der Waals surface area contributed by atoms with E-state index in [1.165, 1.54) is 57.8 Å². The first-order valence-electron chi connectivity index (χ1n) is 10.9. The van der Waals surface area contributed by atoms with Crippen LogP contribution < -0.4 is 0 Å². The van der Waals surface area contributed by atoms with Crippen LogP contribution in [0.25, 0.3) is 0 Å². The van der Waals surface area contributed by atoms with Gasteiger partial charge in [-0.15, -0.1) is 0 Å². The van der Waals surface area contributed by atoms with Gasteiger partial charge >= 0.3 is 0 Å². The molecule has 0 saturated carbocycles. The SMILES string of the molecule is CCCCCCCCOCC(O)CO.CCCCCCCOCC(O)CO. The summed E-state index contributed by atoms with van der Waals surface area (Å²) in [5.41, 5.74) is 0. The summed E-state index contributed by atoms with van der Waals surface area (Å²) in [4.78, 5) is 0. The summed E-state index contributed by atoms with van der Waals surface area (Å²) >= 11 is 0. The zero-order valence-corrected chi connectivity index (χ0v) is 17.8. The van der Waals surface area contributed by atoms with E-state index in [9.17, 15) is 0 Å². The van der Waals surface area contributed by atoms with Crippen LogP contribution in [0.4, 0.5) is 0 Å². The van der Waals surface area contributed by atoms with Crippen LogP contribution in [0.2, 0.25) is 0 Å². The number of hydrogen-bond acceptors (Lipinski definition) is 6. The highest BCUT2D eigenvalue weighted by molar-refractivity contribution is 4.50. The van der Waals surface area contributed by atoms with Gasteiger partial charge in [0.2, 0.25) is 0 Å². The molecule has 6 nitrogen and oxygen atoms in total.